The summed E-state index contributed by atoms with van der Waals surface area (Å²) < 4.78 is 19.1. The number of carboxylic acid groups (broad SMARTS) is 1. The number of alkyl carbamates (subject to hydrolysis) is 1. The number of hydrogen-bond donors (Lipinski definition) is 4. The summed E-state index contributed by atoms with van der Waals surface area (Å²) in [5.74, 6) is 0.0897. The number of ether oxygens (including phenoxy) is 3. The molecule has 222 valence electrons. The predicted octanol–water partition coefficient (Wildman–Crippen LogP) is 2.51. The third kappa shape index (κ3) is 4.40. The number of anilines is 2. The number of nitrogens with zero attached hydrogens (tertiary/aromatic N) is 5. The fourth-order valence-electron chi connectivity index (χ4n) is 6.05. The Morgan fingerprint density at radius 2 is 2.02 bits per heavy atom. The smallest absolute Gasteiger partial charge is 0.407 e. The summed E-state index contributed by atoms with van der Waals surface area (Å²) in [6.45, 7) is 4.07. The van der Waals surface area contributed by atoms with Crippen LogP contribution >= 0.6 is 0 Å². The van der Waals surface area contributed by atoms with Crippen LogP contribution in [0.2, 0.25) is 0 Å². The molecule has 2 fully saturated rings. The first-order chi connectivity index (χ1) is 20.2. The zero-order chi connectivity index (χ0) is 29.8. The van der Waals surface area contributed by atoms with E-state index in [-0.39, 0.29) is 29.8 Å². The maximum atomic E-state index is 13.0. The molecule has 4 aromatic heterocycles. The van der Waals surface area contributed by atoms with Crippen molar-refractivity contribution >= 4 is 45.8 Å². The van der Waals surface area contributed by atoms with Gasteiger partial charge in [0.15, 0.2) is 11.2 Å². The summed E-state index contributed by atoms with van der Waals surface area (Å²) in [4.78, 5) is 49.1. The Hall–Kier alpha value is -4.66. The first-order valence-electron chi connectivity index (χ1n) is 13.7. The van der Waals surface area contributed by atoms with Crippen LogP contribution in [0, 0.1) is 5.92 Å². The normalized spacial score (nSPS) is 25.0. The zero-order valence-corrected chi connectivity index (χ0v) is 23.6. The number of methoxy groups -OCH3 is 2. The summed E-state index contributed by atoms with van der Waals surface area (Å²) >= 11 is 0. The van der Waals surface area contributed by atoms with E-state index in [1.165, 1.54) is 11.8 Å². The van der Waals surface area contributed by atoms with E-state index in [1.54, 1.807) is 36.1 Å². The van der Waals surface area contributed by atoms with E-state index in [2.05, 4.69) is 25.7 Å². The van der Waals surface area contributed by atoms with Gasteiger partial charge < -0.3 is 34.9 Å². The molecular formula is C27H32N8O7. The van der Waals surface area contributed by atoms with Crippen LogP contribution in [-0.2, 0) is 19.8 Å². The highest BCUT2D eigenvalue weighted by atomic mass is 16.5. The fourth-order valence-corrected chi connectivity index (χ4v) is 6.05. The SMILES string of the molecule is CCOc1nn(C2(C(=O)O)C[C@@H]2C)c2nc(Nc3cc4c(cn3)[nH]c(=O)n4[C@H]3C[C@H](NC(=O)OC)[C@@H](OC)C3)ccc12. The second-order valence-corrected chi connectivity index (χ2v) is 10.7. The van der Waals surface area contributed by atoms with Gasteiger partial charge in [-0.05, 0) is 44.2 Å². The highest BCUT2D eigenvalue weighted by Gasteiger charge is 2.61. The molecule has 1 amide bonds. The number of carbonyl (C=O) groups is 2. The number of nitrogens with one attached hydrogen (secondary N) is 3. The number of carbonyl (C=O) groups excluding carboxylic acids is 1. The number of aromatic amines is 1. The molecule has 0 spiro atoms. The van der Waals surface area contributed by atoms with Crippen LogP contribution in [0.15, 0.2) is 29.2 Å². The molecule has 6 rings (SSSR count). The number of pyridine rings is 2. The molecule has 15 heteroatoms. The van der Waals surface area contributed by atoms with Gasteiger partial charge >= 0.3 is 17.8 Å². The van der Waals surface area contributed by atoms with Crippen LogP contribution in [-0.4, -0.2) is 79.4 Å². The molecular weight excluding hydrogens is 548 g/mol. The van der Waals surface area contributed by atoms with Crippen LogP contribution < -0.4 is 21.1 Å². The van der Waals surface area contributed by atoms with Crippen molar-refractivity contribution in [1.29, 1.82) is 0 Å². The number of fused-ring (bicyclic) bond motifs is 2. The van der Waals surface area contributed by atoms with Gasteiger partial charge in [0, 0.05) is 19.2 Å². The van der Waals surface area contributed by atoms with Gasteiger partial charge in [-0.3, -0.25) is 4.57 Å². The first-order valence-corrected chi connectivity index (χ1v) is 13.7. The molecule has 1 unspecified atom stereocenters. The summed E-state index contributed by atoms with van der Waals surface area (Å²) in [6.07, 6.45) is 2.12. The molecule has 0 aromatic carbocycles. The predicted molar refractivity (Wildman–Crippen MR) is 150 cm³/mol. The van der Waals surface area contributed by atoms with Crippen molar-refractivity contribution < 1.29 is 28.9 Å². The monoisotopic (exact) mass is 580 g/mol. The second-order valence-electron chi connectivity index (χ2n) is 10.7. The molecule has 2 aliphatic rings. The molecule has 2 saturated carbocycles. The van der Waals surface area contributed by atoms with Crippen molar-refractivity contribution in [3.63, 3.8) is 0 Å². The third-order valence-electron chi connectivity index (χ3n) is 8.29. The van der Waals surface area contributed by atoms with Gasteiger partial charge in [-0.25, -0.2) is 29.0 Å². The van der Waals surface area contributed by atoms with Crippen molar-refractivity contribution in [2.75, 3.05) is 26.1 Å². The van der Waals surface area contributed by atoms with E-state index in [0.717, 1.165) is 0 Å². The topological polar surface area (TPSA) is 188 Å². The molecule has 0 bridgehead atoms. The lowest BCUT2D eigenvalue weighted by atomic mass is 10.2. The molecule has 0 radical (unpaired) electrons. The van der Waals surface area contributed by atoms with Crippen LogP contribution in [0.4, 0.5) is 16.4 Å². The molecule has 4 aromatic rings. The lowest BCUT2D eigenvalue weighted by Crippen LogP contribution is -2.40. The highest BCUT2D eigenvalue weighted by Crippen LogP contribution is 2.51. The minimum absolute atomic E-state index is 0.115. The minimum Gasteiger partial charge on any atom is -0.479 e. The molecule has 0 aliphatic heterocycles. The zero-order valence-electron chi connectivity index (χ0n) is 23.6. The van der Waals surface area contributed by atoms with Crippen molar-refractivity contribution in [2.24, 2.45) is 5.92 Å². The van der Waals surface area contributed by atoms with Crippen molar-refractivity contribution in [3.8, 4) is 5.88 Å². The van der Waals surface area contributed by atoms with E-state index in [0.29, 0.717) is 65.5 Å². The maximum absolute atomic E-state index is 13.0. The Balaban J connectivity index is 1.34. The van der Waals surface area contributed by atoms with E-state index in [4.69, 9.17) is 19.2 Å². The molecule has 4 heterocycles. The Bertz CT molecular complexity index is 1750. The number of rotatable bonds is 9. The van der Waals surface area contributed by atoms with Crippen LogP contribution in [0.25, 0.3) is 22.1 Å². The Morgan fingerprint density at radius 1 is 1.24 bits per heavy atom. The van der Waals surface area contributed by atoms with Gasteiger partial charge in [0.25, 0.3) is 0 Å². The molecule has 4 N–H and O–H groups in total. The summed E-state index contributed by atoms with van der Waals surface area (Å²) in [6, 6.07) is 4.69. The largest absolute Gasteiger partial charge is 0.479 e. The van der Waals surface area contributed by atoms with Gasteiger partial charge in [-0.1, -0.05) is 6.92 Å². The number of hydrogen-bond acceptors (Lipinski definition) is 10. The van der Waals surface area contributed by atoms with Gasteiger partial charge in [0.05, 0.1) is 48.5 Å². The molecule has 2 aliphatic carbocycles. The molecule has 0 saturated heterocycles. The Labute approximate surface area is 239 Å². The number of imidazole rings is 1. The Morgan fingerprint density at radius 3 is 2.69 bits per heavy atom. The molecule has 15 nitrogen and oxygen atoms in total. The second kappa shape index (κ2) is 10.3. The van der Waals surface area contributed by atoms with Gasteiger partial charge in [-0.15, -0.1) is 5.10 Å². The van der Waals surface area contributed by atoms with Crippen LogP contribution in [0.3, 0.4) is 0 Å². The number of aromatic nitrogens is 6. The Kier molecular flexibility index (Phi) is 6.75. The van der Waals surface area contributed by atoms with Crippen LogP contribution in [0.5, 0.6) is 5.88 Å². The van der Waals surface area contributed by atoms with E-state index in [1.807, 2.05) is 13.8 Å². The van der Waals surface area contributed by atoms with Crippen molar-refractivity contribution in [3.05, 3.63) is 34.9 Å². The van der Waals surface area contributed by atoms with Crippen molar-refractivity contribution in [2.45, 2.75) is 56.8 Å². The van der Waals surface area contributed by atoms with E-state index < -0.39 is 17.6 Å². The lowest BCUT2D eigenvalue weighted by molar-refractivity contribution is -0.143. The lowest BCUT2D eigenvalue weighted by Gasteiger charge is -2.18. The standard InChI is InChI=1S/C27H32N8O7/c1-5-42-23-15-6-7-20(32-22(15)35(33-23)27(24(36)37)11-13(27)2)31-21-10-18-17(12-28-21)29-25(38)34(18)14-8-16(19(9-14)40-3)30-26(39)41-4/h6-7,10,12-14,16,19H,5,8-9,11H2,1-4H3,(H,29,38)(H,30,39)(H,36,37)(H,28,31,32)/t13-,14-,16-,19-,27?/m0/s1. The average Bonchev–Trinajstić information content (AvgIpc) is 3.22. The molecule has 42 heavy (non-hydrogen) atoms. The highest BCUT2D eigenvalue weighted by molar-refractivity contribution is 5.88. The van der Waals surface area contributed by atoms with E-state index in [9.17, 15) is 19.5 Å². The summed E-state index contributed by atoms with van der Waals surface area (Å²) in [7, 11) is 2.86. The fraction of sp³-hybridized carbons (Fsp3) is 0.481. The number of aliphatic carboxylic acids is 1. The van der Waals surface area contributed by atoms with Crippen molar-refractivity contribution in [1.82, 2.24) is 34.6 Å². The number of amides is 1. The average molecular weight is 581 g/mol. The van der Waals surface area contributed by atoms with E-state index >= 15 is 0 Å². The first kappa shape index (κ1) is 27.5. The molecule has 5 atom stereocenters. The quantitative estimate of drug-likeness (QED) is 0.228. The van der Waals surface area contributed by atoms with Gasteiger partial charge in [-0.2, -0.15) is 0 Å². The maximum Gasteiger partial charge on any atom is 0.407 e. The summed E-state index contributed by atoms with van der Waals surface area (Å²) in [5.41, 5.74) is 0.0808. The van der Waals surface area contributed by atoms with Gasteiger partial charge in [0.2, 0.25) is 5.88 Å². The minimum atomic E-state index is -1.18. The number of carboxylic acids is 1. The summed E-state index contributed by atoms with van der Waals surface area (Å²) in [5, 5.41) is 21.1. The number of H-pyrrole nitrogens is 1. The third-order valence-corrected chi connectivity index (χ3v) is 8.29. The van der Waals surface area contributed by atoms with Crippen LogP contribution in [0.1, 0.15) is 39.2 Å². The van der Waals surface area contributed by atoms with Gasteiger partial charge in [0.1, 0.15) is 11.6 Å².